The average Bonchev–Trinajstić information content (AvgIpc) is 2.73. The molecule has 3 rings (SSSR count). The summed E-state index contributed by atoms with van der Waals surface area (Å²) in [4.78, 5) is 41.3. The average molecular weight is 414 g/mol. The Morgan fingerprint density at radius 3 is 2.42 bits per heavy atom. The Labute approximate surface area is 180 Å². The van der Waals surface area contributed by atoms with Gasteiger partial charge in [-0.15, -0.1) is 0 Å². The number of aromatic nitrogens is 4. The highest BCUT2D eigenvalue weighted by Gasteiger charge is 2.14. The van der Waals surface area contributed by atoms with Crippen LogP contribution in [-0.2, 0) is 4.79 Å². The molecule has 3 aromatic rings. The smallest absolute Gasteiger partial charge is 0.232 e. The Morgan fingerprint density at radius 2 is 1.71 bits per heavy atom. The molecule has 0 saturated heterocycles. The molecule has 0 aliphatic rings. The van der Waals surface area contributed by atoms with Crippen molar-refractivity contribution in [2.75, 3.05) is 10.6 Å². The fraction of sp³-hybridized carbons (Fsp3) is 0.217. The van der Waals surface area contributed by atoms with Gasteiger partial charge in [0.25, 0.3) is 0 Å². The van der Waals surface area contributed by atoms with E-state index in [0.29, 0.717) is 34.4 Å². The normalized spacial score (nSPS) is 10.2. The number of benzene rings is 1. The van der Waals surface area contributed by atoms with Crippen LogP contribution in [0.5, 0.6) is 0 Å². The van der Waals surface area contributed by atoms with Crippen molar-refractivity contribution in [2.45, 2.75) is 33.7 Å². The van der Waals surface area contributed by atoms with Crippen LogP contribution in [0.3, 0.4) is 0 Å². The molecule has 0 fully saturated rings. The Kier molecular flexibility index (Phi) is 6.67. The molecule has 2 heterocycles. The van der Waals surface area contributed by atoms with Gasteiger partial charge in [0.2, 0.25) is 17.7 Å². The summed E-state index contributed by atoms with van der Waals surface area (Å²) >= 11 is 0. The van der Waals surface area contributed by atoms with E-state index in [1.807, 2.05) is 26.0 Å². The largest absolute Gasteiger partial charge is 0.352 e. The molecule has 0 aliphatic heterocycles. The Hall–Kier alpha value is -4.12. The molecule has 8 heteroatoms. The third-order valence-electron chi connectivity index (χ3n) is 3.99. The van der Waals surface area contributed by atoms with Gasteiger partial charge in [-0.2, -0.15) is 15.0 Å². The van der Waals surface area contributed by atoms with Crippen molar-refractivity contribution in [2.24, 2.45) is 0 Å². The van der Waals surface area contributed by atoms with E-state index in [-0.39, 0.29) is 12.0 Å². The zero-order chi connectivity index (χ0) is 22.4. The highest BCUT2D eigenvalue weighted by molar-refractivity contribution is 6.43. The first-order chi connectivity index (χ1) is 14.9. The molecule has 0 amide bonds. The third kappa shape index (κ3) is 5.70. The topological polar surface area (TPSA) is 110 Å². The number of nitrogens with one attached hydrogen (secondary N) is 2. The summed E-state index contributed by atoms with van der Waals surface area (Å²) < 4.78 is 0. The first kappa shape index (κ1) is 21.6. The fourth-order valence-corrected chi connectivity index (χ4v) is 2.70. The van der Waals surface area contributed by atoms with E-state index in [9.17, 15) is 9.59 Å². The lowest BCUT2D eigenvalue weighted by Gasteiger charge is -2.12. The van der Waals surface area contributed by atoms with Gasteiger partial charge in [0, 0.05) is 24.2 Å². The first-order valence-electron chi connectivity index (χ1n) is 9.71. The van der Waals surface area contributed by atoms with Crippen molar-refractivity contribution in [3.63, 3.8) is 0 Å². The van der Waals surface area contributed by atoms with Gasteiger partial charge in [0.05, 0.1) is 0 Å². The molecule has 2 aromatic heterocycles. The second kappa shape index (κ2) is 9.59. The maximum Gasteiger partial charge on any atom is 0.232 e. The van der Waals surface area contributed by atoms with Crippen molar-refractivity contribution in [3.8, 4) is 23.4 Å². The molecule has 0 bridgehead atoms. The van der Waals surface area contributed by atoms with Crippen molar-refractivity contribution in [3.05, 3.63) is 53.7 Å². The van der Waals surface area contributed by atoms with E-state index >= 15 is 0 Å². The predicted octanol–water partition coefficient (Wildman–Crippen LogP) is 3.64. The number of Topliss-reactive ketones (excluding diaryl/α,β-unsaturated/α-hetero) is 2. The summed E-state index contributed by atoms with van der Waals surface area (Å²) in [5.41, 5.74) is 2.03. The van der Waals surface area contributed by atoms with Crippen LogP contribution in [0.15, 0.2) is 42.5 Å². The Balaban J connectivity index is 2.00. The van der Waals surface area contributed by atoms with Gasteiger partial charge in [-0.05, 0) is 51.0 Å². The van der Waals surface area contributed by atoms with Crippen LogP contribution < -0.4 is 10.6 Å². The minimum atomic E-state index is -0.555. The number of carbonyl (C=O) groups is 2. The van der Waals surface area contributed by atoms with Gasteiger partial charge >= 0.3 is 0 Å². The molecule has 0 saturated carbocycles. The maximum atomic E-state index is 12.0. The highest BCUT2D eigenvalue weighted by atomic mass is 16.2. The van der Waals surface area contributed by atoms with Gasteiger partial charge in [0.1, 0.15) is 11.4 Å². The number of ketones is 2. The van der Waals surface area contributed by atoms with Crippen LogP contribution >= 0.6 is 0 Å². The summed E-state index contributed by atoms with van der Waals surface area (Å²) in [5, 5.41) is 6.25. The van der Waals surface area contributed by atoms with E-state index in [2.05, 4.69) is 42.4 Å². The first-order valence-corrected chi connectivity index (χ1v) is 9.71. The SMILES string of the molecule is CC#Cc1cccc(-c2nc(Nc3cccc(C(=O)C(C)=O)c3)nc(NC(C)C)n2)n1. The summed E-state index contributed by atoms with van der Waals surface area (Å²) in [6, 6.07) is 12.2. The Morgan fingerprint density at radius 1 is 0.968 bits per heavy atom. The van der Waals surface area contributed by atoms with Gasteiger partial charge in [-0.3, -0.25) is 9.59 Å². The van der Waals surface area contributed by atoms with Crippen molar-refractivity contribution < 1.29 is 9.59 Å². The molecule has 0 atom stereocenters. The van der Waals surface area contributed by atoms with Crippen LogP contribution in [-0.4, -0.2) is 37.5 Å². The van der Waals surface area contributed by atoms with E-state index in [0.717, 1.165) is 0 Å². The molecule has 0 aliphatic carbocycles. The maximum absolute atomic E-state index is 12.0. The number of pyridine rings is 1. The van der Waals surface area contributed by atoms with Crippen molar-refractivity contribution in [1.82, 2.24) is 19.9 Å². The van der Waals surface area contributed by atoms with Crippen LogP contribution in [0.2, 0.25) is 0 Å². The van der Waals surface area contributed by atoms with Crippen LogP contribution in [0.25, 0.3) is 11.5 Å². The second-order valence-electron chi connectivity index (χ2n) is 6.98. The van der Waals surface area contributed by atoms with Gasteiger partial charge in [-0.25, -0.2) is 4.98 Å². The zero-order valence-corrected chi connectivity index (χ0v) is 17.7. The fourth-order valence-electron chi connectivity index (χ4n) is 2.70. The molecule has 156 valence electrons. The highest BCUT2D eigenvalue weighted by Crippen LogP contribution is 2.20. The lowest BCUT2D eigenvalue weighted by atomic mass is 10.1. The Bertz CT molecular complexity index is 1190. The molecular weight excluding hydrogens is 392 g/mol. The predicted molar refractivity (Wildman–Crippen MR) is 119 cm³/mol. The van der Waals surface area contributed by atoms with Crippen molar-refractivity contribution >= 4 is 29.2 Å². The van der Waals surface area contributed by atoms with Gasteiger partial charge < -0.3 is 10.6 Å². The summed E-state index contributed by atoms with van der Waals surface area (Å²) in [7, 11) is 0. The summed E-state index contributed by atoms with van der Waals surface area (Å²) in [5.74, 6) is 5.69. The van der Waals surface area contributed by atoms with E-state index < -0.39 is 11.6 Å². The quantitative estimate of drug-likeness (QED) is 0.343. The van der Waals surface area contributed by atoms with Crippen molar-refractivity contribution in [1.29, 1.82) is 0 Å². The molecule has 0 spiro atoms. The number of hydrogen-bond donors (Lipinski definition) is 2. The summed E-state index contributed by atoms with van der Waals surface area (Å²) in [6.07, 6.45) is 0. The number of nitrogens with zero attached hydrogens (tertiary/aromatic N) is 4. The van der Waals surface area contributed by atoms with E-state index in [4.69, 9.17) is 0 Å². The lowest BCUT2D eigenvalue weighted by molar-refractivity contribution is -0.113. The van der Waals surface area contributed by atoms with E-state index in [1.165, 1.54) is 6.92 Å². The standard InChI is InChI=1S/C23H22N6O2/c1-5-8-17-10-7-12-19(25-17)21-27-22(24-14(2)3)29-23(28-21)26-18-11-6-9-16(13-18)20(31)15(4)30/h6-7,9-14H,1-4H3,(H2,24,26,27,28,29). The molecule has 1 aromatic carbocycles. The number of rotatable bonds is 7. The monoisotopic (exact) mass is 414 g/mol. The molecule has 8 nitrogen and oxygen atoms in total. The van der Waals surface area contributed by atoms with Crippen LogP contribution in [0.4, 0.5) is 17.6 Å². The lowest BCUT2D eigenvalue weighted by Crippen LogP contribution is -2.15. The molecular formula is C23H22N6O2. The molecule has 0 radical (unpaired) electrons. The number of hydrogen-bond acceptors (Lipinski definition) is 8. The van der Waals surface area contributed by atoms with Gasteiger partial charge in [0.15, 0.2) is 11.6 Å². The third-order valence-corrected chi connectivity index (χ3v) is 3.99. The number of carbonyl (C=O) groups excluding carboxylic acids is 2. The van der Waals surface area contributed by atoms with E-state index in [1.54, 1.807) is 37.3 Å². The van der Waals surface area contributed by atoms with Crippen LogP contribution in [0.1, 0.15) is 43.7 Å². The van der Waals surface area contributed by atoms with Gasteiger partial charge in [-0.1, -0.05) is 24.1 Å². The molecule has 31 heavy (non-hydrogen) atoms. The minimum Gasteiger partial charge on any atom is -0.352 e. The zero-order valence-electron chi connectivity index (χ0n) is 17.7. The van der Waals surface area contributed by atoms with Crippen LogP contribution in [0, 0.1) is 11.8 Å². The molecule has 2 N–H and O–H groups in total. The minimum absolute atomic E-state index is 0.102. The molecule has 0 unspecified atom stereocenters. The summed E-state index contributed by atoms with van der Waals surface area (Å²) in [6.45, 7) is 6.94. The second-order valence-corrected chi connectivity index (χ2v) is 6.98. The number of anilines is 3.